The summed E-state index contributed by atoms with van der Waals surface area (Å²) in [5.74, 6) is 2.57. The van der Waals surface area contributed by atoms with Gasteiger partial charge < -0.3 is 0 Å². The molecule has 0 N–H and O–H groups in total. The largest absolute Gasteiger partial charge is 0.270 e. The number of nitrogens with zero attached hydrogens (tertiary/aromatic N) is 1. The summed E-state index contributed by atoms with van der Waals surface area (Å²) in [6.07, 6.45) is 5.40. The van der Waals surface area contributed by atoms with Crippen LogP contribution in [0.25, 0.3) is 11.1 Å². The maximum atomic E-state index is 10.7. The molecule has 2 aromatic rings. The van der Waals surface area contributed by atoms with Crippen molar-refractivity contribution in [3.63, 3.8) is 0 Å². The Morgan fingerprint density at radius 1 is 1.12 bits per heavy atom. The predicted octanol–water partition coefficient (Wildman–Crippen LogP) is 3.24. The first-order chi connectivity index (χ1) is 8.22. The Balaban J connectivity index is 2.57. The molecule has 0 aliphatic heterocycles. The summed E-state index contributed by atoms with van der Waals surface area (Å²) >= 11 is 0. The third kappa shape index (κ3) is 2.16. The molecule has 0 radical (unpaired) electrons. The lowest BCUT2D eigenvalue weighted by Gasteiger charge is -2.04. The number of nitro benzene ring substituents is 1. The minimum atomic E-state index is -0.415. The van der Waals surface area contributed by atoms with Gasteiger partial charge in [-0.1, -0.05) is 36.3 Å². The molecule has 0 heterocycles. The highest BCUT2D eigenvalue weighted by Gasteiger charge is 2.08. The van der Waals surface area contributed by atoms with Gasteiger partial charge >= 0.3 is 0 Å². The molecule has 0 aliphatic rings. The molecule has 0 aromatic heterocycles. The highest BCUT2D eigenvalue weighted by atomic mass is 16.6. The van der Waals surface area contributed by atoms with Crippen LogP contribution in [-0.4, -0.2) is 4.92 Å². The van der Waals surface area contributed by atoms with Crippen LogP contribution in [0.1, 0.15) is 5.56 Å². The Bertz CT molecular complexity index is 612. The Hall–Kier alpha value is -2.60. The normalized spacial score (nSPS) is 9.59. The molecule has 0 unspecified atom stereocenters. The Kier molecular flexibility index (Phi) is 2.89. The molecule has 17 heavy (non-hydrogen) atoms. The standard InChI is InChI=1S/C14H9NO2/c1-2-11-6-3-4-9-14(11)12-7-5-8-13(10-12)15(16)17/h1,3-10H. The summed E-state index contributed by atoms with van der Waals surface area (Å²) in [5, 5.41) is 10.7. The molecule has 0 bridgehead atoms. The summed E-state index contributed by atoms with van der Waals surface area (Å²) in [5.41, 5.74) is 2.38. The van der Waals surface area contributed by atoms with E-state index >= 15 is 0 Å². The molecule has 0 amide bonds. The van der Waals surface area contributed by atoms with Gasteiger partial charge in [0, 0.05) is 17.7 Å². The molecule has 0 saturated carbocycles. The first-order valence-electron chi connectivity index (χ1n) is 5.03. The van der Waals surface area contributed by atoms with Gasteiger partial charge in [-0.2, -0.15) is 0 Å². The van der Waals surface area contributed by atoms with Crippen LogP contribution in [0.4, 0.5) is 5.69 Å². The zero-order valence-corrected chi connectivity index (χ0v) is 8.96. The van der Waals surface area contributed by atoms with Crippen LogP contribution in [0.3, 0.4) is 0 Å². The maximum absolute atomic E-state index is 10.7. The number of rotatable bonds is 2. The minimum Gasteiger partial charge on any atom is -0.258 e. The predicted molar refractivity (Wildman–Crippen MR) is 66.5 cm³/mol. The number of nitro groups is 1. The van der Waals surface area contributed by atoms with Crippen LogP contribution < -0.4 is 0 Å². The quantitative estimate of drug-likeness (QED) is 0.445. The van der Waals surface area contributed by atoms with Gasteiger partial charge in [0.2, 0.25) is 0 Å². The molecule has 0 fully saturated rings. The average molecular weight is 223 g/mol. The van der Waals surface area contributed by atoms with Gasteiger partial charge in [-0.3, -0.25) is 10.1 Å². The molecule has 3 heteroatoms. The molecule has 2 aromatic carbocycles. The van der Waals surface area contributed by atoms with Crippen molar-refractivity contribution in [2.45, 2.75) is 0 Å². The summed E-state index contributed by atoms with van der Waals surface area (Å²) in [4.78, 5) is 10.3. The highest BCUT2D eigenvalue weighted by Crippen LogP contribution is 2.26. The Morgan fingerprint density at radius 3 is 2.59 bits per heavy atom. The van der Waals surface area contributed by atoms with Crippen molar-refractivity contribution < 1.29 is 4.92 Å². The van der Waals surface area contributed by atoms with Crippen molar-refractivity contribution in [2.75, 3.05) is 0 Å². The Morgan fingerprint density at radius 2 is 1.88 bits per heavy atom. The van der Waals surface area contributed by atoms with Gasteiger partial charge in [0.15, 0.2) is 0 Å². The number of terminal acetylenes is 1. The molecule has 0 aliphatic carbocycles. The van der Waals surface area contributed by atoms with Crippen molar-refractivity contribution >= 4 is 5.69 Å². The third-order valence-corrected chi connectivity index (χ3v) is 2.45. The minimum absolute atomic E-state index is 0.0642. The number of hydrogen-bond acceptors (Lipinski definition) is 2. The van der Waals surface area contributed by atoms with Crippen LogP contribution >= 0.6 is 0 Å². The zero-order valence-electron chi connectivity index (χ0n) is 8.96. The fraction of sp³-hybridized carbons (Fsp3) is 0. The van der Waals surface area contributed by atoms with E-state index in [2.05, 4.69) is 5.92 Å². The summed E-state index contributed by atoms with van der Waals surface area (Å²) in [7, 11) is 0. The fourth-order valence-corrected chi connectivity index (χ4v) is 1.65. The van der Waals surface area contributed by atoms with E-state index in [0.29, 0.717) is 0 Å². The maximum Gasteiger partial charge on any atom is 0.270 e. The lowest BCUT2D eigenvalue weighted by Crippen LogP contribution is -1.89. The van der Waals surface area contributed by atoms with Gasteiger partial charge in [-0.25, -0.2) is 0 Å². The van der Waals surface area contributed by atoms with Gasteiger partial charge in [0.25, 0.3) is 5.69 Å². The molecule has 0 spiro atoms. The van der Waals surface area contributed by atoms with Crippen LogP contribution in [0, 0.1) is 22.5 Å². The first-order valence-corrected chi connectivity index (χ1v) is 5.03. The number of benzene rings is 2. The molecule has 2 rings (SSSR count). The Labute approximate surface area is 98.9 Å². The van der Waals surface area contributed by atoms with E-state index in [0.717, 1.165) is 16.7 Å². The molecular weight excluding hydrogens is 214 g/mol. The van der Waals surface area contributed by atoms with Crippen molar-refractivity contribution in [3.05, 3.63) is 64.2 Å². The van der Waals surface area contributed by atoms with E-state index in [9.17, 15) is 10.1 Å². The van der Waals surface area contributed by atoms with E-state index in [1.54, 1.807) is 6.07 Å². The van der Waals surface area contributed by atoms with E-state index in [-0.39, 0.29) is 5.69 Å². The van der Waals surface area contributed by atoms with E-state index < -0.39 is 4.92 Å². The van der Waals surface area contributed by atoms with Crippen LogP contribution in [0.5, 0.6) is 0 Å². The zero-order chi connectivity index (χ0) is 12.3. The highest BCUT2D eigenvalue weighted by molar-refractivity contribution is 5.72. The van der Waals surface area contributed by atoms with Gasteiger partial charge in [-0.05, 0) is 17.2 Å². The van der Waals surface area contributed by atoms with Gasteiger partial charge in [0.1, 0.15) is 0 Å². The second kappa shape index (κ2) is 4.50. The SMILES string of the molecule is C#Cc1ccccc1-c1cccc([N+](=O)[O-])c1. The second-order valence-corrected chi connectivity index (χ2v) is 3.50. The number of hydrogen-bond donors (Lipinski definition) is 0. The topological polar surface area (TPSA) is 43.1 Å². The second-order valence-electron chi connectivity index (χ2n) is 3.50. The lowest BCUT2D eigenvalue weighted by molar-refractivity contribution is -0.384. The van der Waals surface area contributed by atoms with Gasteiger partial charge in [-0.15, -0.1) is 6.42 Å². The monoisotopic (exact) mass is 223 g/mol. The molecule has 0 atom stereocenters. The average Bonchev–Trinajstić information content (AvgIpc) is 2.39. The van der Waals surface area contributed by atoms with Crippen LogP contribution in [0.2, 0.25) is 0 Å². The van der Waals surface area contributed by atoms with Gasteiger partial charge in [0.05, 0.1) is 4.92 Å². The summed E-state index contributed by atoms with van der Waals surface area (Å²) in [6.45, 7) is 0. The van der Waals surface area contributed by atoms with E-state index in [1.165, 1.54) is 12.1 Å². The van der Waals surface area contributed by atoms with Crippen molar-refractivity contribution in [1.82, 2.24) is 0 Å². The summed E-state index contributed by atoms with van der Waals surface area (Å²) in [6, 6.07) is 13.8. The number of non-ortho nitro benzene ring substituents is 1. The lowest BCUT2D eigenvalue weighted by atomic mass is 10.00. The fourth-order valence-electron chi connectivity index (χ4n) is 1.65. The molecule has 0 saturated heterocycles. The van der Waals surface area contributed by atoms with Crippen molar-refractivity contribution in [1.29, 1.82) is 0 Å². The molecule has 82 valence electrons. The van der Waals surface area contributed by atoms with Crippen LogP contribution in [-0.2, 0) is 0 Å². The first kappa shape index (κ1) is 10.9. The van der Waals surface area contributed by atoms with E-state index in [4.69, 9.17) is 6.42 Å². The molecule has 3 nitrogen and oxygen atoms in total. The van der Waals surface area contributed by atoms with Crippen LogP contribution in [0.15, 0.2) is 48.5 Å². The van der Waals surface area contributed by atoms with Crippen molar-refractivity contribution in [2.24, 2.45) is 0 Å². The van der Waals surface area contributed by atoms with E-state index in [1.807, 2.05) is 30.3 Å². The summed E-state index contributed by atoms with van der Waals surface area (Å²) < 4.78 is 0. The third-order valence-electron chi connectivity index (χ3n) is 2.45. The smallest absolute Gasteiger partial charge is 0.258 e. The van der Waals surface area contributed by atoms with Crippen molar-refractivity contribution in [3.8, 4) is 23.5 Å². The molecular formula is C14H9NO2.